The number of nitrogens with one attached hydrogen (secondary N) is 2. The number of hydrogen-bond acceptors (Lipinski definition) is 4. The number of fused-ring (bicyclic) bond motifs is 1. The Hall–Kier alpha value is -3.18. The van der Waals surface area contributed by atoms with E-state index in [-0.39, 0.29) is 6.61 Å². The van der Waals surface area contributed by atoms with Gasteiger partial charge in [-0.15, -0.1) is 0 Å². The van der Waals surface area contributed by atoms with Crippen molar-refractivity contribution in [2.24, 2.45) is 0 Å². The van der Waals surface area contributed by atoms with Crippen molar-refractivity contribution < 1.29 is 5.11 Å². The van der Waals surface area contributed by atoms with Gasteiger partial charge in [0, 0.05) is 46.8 Å². The smallest absolute Gasteiger partial charge is 0.125 e. The number of pyridine rings is 2. The summed E-state index contributed by atoms with van der Waals surface area (Å²) in [7, 11) is 0. The van der Waals surface area contributed by atoms with E-state index >= 15 is 0 Å². The molecule has 0 spiro atoms. The van der Waals surface area contributed by atoms with E-state index < -0.39 is 0 Å². The van der Waals surface area contributed by atoms with Crippen LogP contribution < -0.4 is 5.32 Å². The van der Waals surface area contributed by atoms with Crippen LogP contribution in [-0.2, 0) is 0 Å². The Labute approximate surface area is 151 Å². The van der Waals surface area contributed by atoms with Crippen molar-refractivity contribution in [1.29, 1.82) is 0 Å². The maximum Gasteiger partial charge on any atom is 0.125 e. The number of nitrogens with zero attached hydrogens (tertiary/aromatic N) is 2. The summed E-state index contributed by atoms with van der Waals surface area (Å²) in [5.41, 5.74) is 6.51. The summed E-state index contributed by atoms with van der Waals surface area (Å²) in [6, 6.07) is 16.6. The predicted octanol–water partition coefficient (Wildman–Crippen LogP) is 4.00. The molecule has 4 rings (SSSR count). The van der Waals surface area contributed by atoms with Gasteiger partial charge in [-0.25, -0.2) is 4.98 Å². The van der Waals surface area contributed by atoms with Crippen molar-refractivity contribution in [2.75, 3.05) is 18.5 Å². The van der Waals surface area contributed by atoms with Crippen LogP contribution in [0.1, 0.15) is 5.69 Å². The van der Waals surface area contributed by atoms with E-state index in [1.807, 2.05) is 37.5 Å². The first-order chi connectivity index (χ1) is 12.7. The van der Waals surface area contributed by atoms with Crippen LogP contribution in [0.25, 0.3) is 33.3 Å². The summed E-state index contributed by atoms with van der Waals surface area (Å²) in [6.45, 7) is 2.59. The molecule has 0 saturated carbocycles. The Bertz CT molecular complexity index is 1040. The zero-order valence-electron chi connectivity index (χ0n) is 14.5. The van der Waals surface area contributed by atoms with Crippen LogP contribution in [0.5, 0.6) is 0 Å². The molecule has 3 N–H and O–H groups in total. The van der Waals surface area contributed by atoms with E-state index in [1.165, 1.54) is 11.1 Å². The van der Waals surface area contributed by atoms with E-state index in [2.05, 4.69) is 50.6 Å². The average molecular weight is 344 g/mol. The second-order valence-electron chi connectivity index (χ2n) is 6.25. The van der Waals surface area contributed by atoms with Gasteiger partial charge in [0.05, 0.1) is 6.61 Å². The van der Waals surface area contributed by atoms with Gasteiger partial charge in [-0.1, -0.05) is 6.07 Å². The highest BCUT2D eigenvalue weighted by molar-refractivity contribution is 5.89. The van der Waals surface area contributed by atoms with Gasteiger partial charge in [0.15, 0.2) is 0 Å². The van der Waals surface area contributed by atoms with E-state index in [4.69, 9.17) is 5.11 Å². The standard InChI is InChI=1S/C21H20N4O/c1-14-10-16(6-7-22-14)15-2-4-19-18(11-15)12-20(25-19)17-3-5-21(24-13-17)23-8-9-26/h2-7,10-13,25-26H,8-9H2,1H3,(H,23,24). The zero-order valence-corrected chi connectivity index (χ0v) is 14.5. The second kappa shape index (κ2) is 6.98. The summed E-state index contributed by atoms with van der Waals surface area (Å²) in [6.07, 6.45) is 3.67. The molecular weight excluding hydrogens is 324 g/mol. The molecule has 0 aliphatic carbocycles. The fraction of sp³-hybridized carbons (Fsp3) is 0.143. The lowest BCUT2D eigenvalue weighted by Crippen LogP contribution is -2.06. The van der Waals surface area contributed by atoms with Crippen molar-refractivity contribution in [3.8, 4) is 22.4 Å². The number of rotatable bonds is 5. The van der Waals surface area contributed by atoms with Gasteiger partial charge in [-0.05, 0) is 60.5 Å². The molecule has 0 aliphatic heterocycles. The van der Waals surface area contributed by atoms with Crippen LogP contribution >= 0.6 is 0 Å². The van der Waals surface area contributed by atoms with Gasteiger partial charge in [0.2, 0.25) is 0 Å². The van der Waals surface area contributed by atoms with Gasteiger partial charge < -0.3 is 15.4 Å². The minimum absolute atomic E-state index is 0.0881. The number of anilines is 1. The van der Waals surface area contributed by atoms with Crippen molar-refractivity contribution in [3.05, 3.63) is 66.6 Å². The van der Waals surface area contributed by atoms with Crippen molar-refractivity contribution in [3.63, 3.8) is 0 Å². The Morgan fingerprint density at radius 2 is 1.81 bits per heavy atom. The third-order valence-electron chi connectivity index (χ3n) is 4.34. The predicted molar refractivity (Wildman–Crippen MR) is 105 cm³/mol. The highest BCUT2D eigenvalue weighted by Gasteiger charge is 2.06. The quantitative estimate of drug-likeness (QED) is 0.511. The SMILES string of the molecule is Cc1cc(-c2ccc3[nH]c(-c4ccc(NCCO)nc4)cc3c2)ccn1. The first-order valence-corrected chi connectivity index (χ1v) is 8.60. The molecular formula is C21H20N4O. The van der Waals surface area contributed by atoms with Gasteiger partial charge in [0.25, 0.3) is 0 Å². The molecule has 0 atom stereocenters. The summed E-state index contributed by atoms with van der Waals surface area (Å²) in [5.74, 6) is 0.759. The summed E-state index contributed by atoms with van der Waals surface area (Å²) in [4.78, 5) is 12.1. The number of hydrogen-bond donors (Lipinski definition) is 3. The van der Waals surface area contributed by atoms with E-state index in [9.17, 15) is 0 Å². The first kappa shape index (κ1) is 16.3. The van der Waals surface area contributed by atoms with Crippen molar-refractivity contribution in [1.82, 2.24) is 15.0 Å². The molecule has 0 amide bonds. The van der Waals surface area contributed by atoms with Gasteiger partial charge in [-0.3, -0.25) is 4.98 Å². The lowest BCUT2D eigenvalue weighted by molar-refractivity contribution is 0.311. The highest BCUT2D eigenvalue weighted by atomic mass is 16.3. The molecule has 4 aromatic rings. The van der Waals surface area contributed by atoms with Crippen LogP contribution in [0.4, 0.5) is 5.82 Å². The molecule has 3 aromatic heterocycles. The number of aromatic nitrogens is 3. The van der Waals surface area contributed by atoms with Crippen LogP contribution in [-0.4, -0.2) is 33.2 Å². The fourth-order valence-electron chi connectivity index (χ4n) is 3.03. The summed E-state index contributed by atoms with van der Waals surface area (Å²) >= 11 is 0. The second-order valence-corrected chi connectivity index (χ2v) is 6.25. The van der Waals surface area contributed by atoms with Crippen LogP contribution in [0, 0.1) is 6.92 Å². The minimum atomic E-state index is 0.0881. The molecule has 0 radical (unpaired) electrons. The Balaban J connectivity index is 1.65. The highest BCUT2D eigenvalue weighted by Crippen LogP contribution is 2.28. The molecule has 5 nitrogen and oxygen atoms in total. The monoisotopic (exact) mass is 344 g/mol. The third-order valence-corrected chi connectivity index (χ3v) is 4.34. The number of aliphatic hydroxyl groups is 1. The van der Waals surface area contributed by atoms with Gasteiger partial charge in [-0.2, -0.15) is 0 Å². The molecule has 0 aliphatic rings. The molecule has 0 saturated heterocycles. The topological polar surface area (TPSA) is 73.8 Å². The van der Waals surface area contributed by atoms with Gasteiger partial charge in [0.1, 0.15) is 5.82 Å². The Kier molecular flexibility index (Phi) is 4.37. The van der Waals surface area contributed by atoms with Crippen molar-refractivity contribution >= 4 is 16.7 Å². The zero-order chi connectivity index (χ0) is 17.9. The molecule has 130 valence electrons. The lowest BCUT2D eigenvalue weighted by Gasteiger charge is -2.03. The molecule has 0 bridgehead atoms. The summed E-state index contributed by atoms with van der Waals surface area (Å²) in [5, 5.41) is 13.1. The Morgan fingerprint density at radius 3 is 2.58 bits per heavy atom. The molecule has 0 fully saturated rings. The average Bonchev–Trinajstić information content (AvgIpc) is 3.10. The van der Waals surface area contributed by atoms with Crippen molar-refractivity contribution in [2.45, 2.75) is 6.92 Å². The van der Waals surface area contributed by atoms with E-state index in [0.29, 0.717) is 6.54 Å². The molecule has 1 aromatic carbocycles. The minimum Gasteiger partial charge on any atom is -0.395 e. The number of aliphatic hydroxyl groups excluding tert-OH is 1. The summed E-state index contributed by atoms with van der Waals surface area (Å²) < 4.78 is 0. The Morgan fingerprint density at radius 1 is 0.962 bits per heavy atom. The fourth-order valence-corrected chi connectivity index (χ4v) is 3.03. The van der Waals surface area contributed by atoms with Gasteiger partial charge >= 0.3 is 0 Å². The van der Waals surface area contributed by atoms with Crippen LogP contribution in [0.15, 0.2) is 60.9 Å². The molecule has 3 heterocycles. The van der Waals surface area contributed by atoms with Crippen LogP contribution in [0.3, 0.4) is 0 Å². The number of benzene rings is 1. The van der Waals surface area contributed by atoms with E-state index in [0.717, 1.165) is 33.7 Å². The largest absolute Gasteiger partial charge is 0.395 e. The van der Waals surface area contributed by atoms with E-state index in [1.54, 1.807) is 0 Å². The normalized spacial score (nSPS) is 11.0. The number of H-pyrrole nitrogens is 1. The molecule has 26 heavy (non-hydrogen) atoms. The maximum absolute atomic E-state index is 8.86. The van der Waals surface area contributed by atoms with Crippen LogP contribution in [0.2, 0.25) is 0 Å². The molecule has 0 unspecified atom stereocenters. The number of aromatic amines is 1. The maximum atomic E-state index is 8.86. The lowest BCUT2D eigenvalue weighted by atomic mass is 10.0. The first-order valence-electron chi connectivity index (χ1n) is 8.60. The third kappa shape index (κ3) is 3.30. The molecule has 5 heteroatoms. The number of aryl methyl sites for hydroxylation is 1.